The number of pyridine rings is 2. The Labute approximate surface area is 428 Å². The largest absolute Gasteiger partial charge is 0.489 e. The molecule has 3 aliphatic rings. The summed E-state index contributed by atoms with van der Waals surface area (Å²) in [6.07, 6.45) is 5.70. The van der Waals surface area contributed by atoms with E-state index in [1.807, 2.05) is 81.9 Å². The van der Waals surface area contributed by atoms with Crippen molar-refractivity contribution in [3.8, 4) is 39.3 Å². The van der Waals surface area contributed by atoms with E-state index in [9.17, 15) is 24.8 Å². The molecule has 3 N–H and O–H groups in total. The van der Waals surface area contributed by atoms with E-state index in [1.165, 1.54) is 4.90 Å². The molecule has 0 radical (unpaired) electrons. The number of nitriles is 1. The maximum Gasteiger partial charge on any atom is 0.253 e. The average Bonchev–Trinajstić information content (AvgIpc) is 4.11. The van der Waals surface area contributed by atoms with Crippen molar-refractivity contribution in [2.45, 2.75) is 104 Å². The number of aliphatic hydroxyl groups excluding tert-OH is 1. The van der Waals surface area contributed by atoms with Crippen LogP contribution in [0.3, 0.4) is 0 Å². The zero-order valence-corrected chi connectivity index (χ0v) is 43.1. The van der Waals surface area contributed by atoms with Gasteiger partial charge in [-0.3, -0.25) is 19.1 Å². The van der Waals surface area contributed by atoms with Gasteiger partial charge in [-0.1, -0.05) is 77.4 Å². The van der Waals surface area contributed by atoms with Crippen LogP contribution in [0.25, 0.3) is 21.6 Å². The number of hydrogen-bond acceptors (Lipinski definition) is 13. The van der Waals surface area contributed by atoms with Crippen LogP contribution < -0.4 is 25.0 Å². The van der Waals surface area contributed by atoms with Crippen molar-refractivity contribution in [3.63, 3.8) is 0 Å². The first-order valence-corrected chi connectivity index (χ1v) is 25.4. The molecule has 3 amide bonds. The van der Waals surface area contributed by atoms with Crippen LogP contribution in [-0.2, 0) is 9.59 Å². The van der Waals surface area contributed by atoms with Crippen LogP contribution in [0.5, 0.6) is 11.6 Å². The lowest BCUT2D eigenvalue weighted by Gasteiger charge is -2.63. The summed E-state index contributed by atoms with van der Waals surface area (Å²) in [5.74, 6) is 0.723. The number of aromatic nitrogens is 5. The highest BCUT2D eigenvalue weighted by Gasteiger charge is 2.64. The van der Waals surface area contributed by atoms with Gasteiger partial charge in [-0.05, 0) is 66.8 Å². The van der Waals surface area contributed by atoms with Crippen molar-refractivity contribution >= 4 is 46.5 Å². The first-order valence-electron chi connectivity index (χ1n) is 24.2. The van der Waals surface area contributed by atoms with E-state index < -0.39 is 29.0 Å². The number of anilines is 1. The summed E-state index contributed by atoms with van der Waals surface area (Å²) in [4.78, 5) is 59.8. The smallest absolute Gasteiger partial charge is 0.253 e. The molecule has 1 aliphatic carbocycles. The number of carbonyl (C=O) groups is 3. The molecule has 72 heavy (non-hydrogen) atoms. The van der Waals surface area contributed by atoms with E-state index in [0.29, 0.717) is 40.9 Å². The van der Waals surface area contributed by atoms with Crippen molar-refractivity contribution < 1.29 is 29.0 Å². The van der Waals surface area contributed by atoms with Gasteiger partial charge < -0.3 is 35.0 Å². The Morgan fingerprint density at radius 2 is 1.65 bits per heavy atom. The molecule has 1 saturated carbocycles. The minimum Gasteiger partial charge on any atom is -0.489 e. The predicted octanol–water partition coefficient (Wildman–Crippen LogP) is 8.21. The molecule has 0 bridgehead atoms. The Hall–Kier alpha value is -6.87. The van der Waals surface area contributed by atoms with Crippen LogP contribution in [0.15, 0.2) is 97.0 Å². The normalized spacial score (nSPS) is 21.0. The summed E-state index contributed by atoms with van der Waals surface area (Å²) in [7, 11) is 0. The molecule has 9 rings (SSSR count). The van der Waals surface area contributed by atoms with Crippen molar-refractivity contribution in [2.24, 2.45) is 16.7 Å². The van der Waals surface area contributed by atoms with Gasteiger partial charge in [0.05, 0.1) is 63.7 Å². The Kier molecular flexibility index (Phi) is 13.9. The zero-order chi connectivity index (χ0) is 51.2. The highest BCUT2D eigenvalue weighted by atomic mass is 35.5. The fraction of sp³-hybridized carbons (Fsp3) is 0.407. The van der Waals surface area contributed by atoms with Crippen LogP contribution >= 0.6 is 22.9 Å². The van der Waals surface area contributed by atoms with E-state index in [1.54, 1.807) is 58.9 Å². The highest BCUT2D eigenvalue weighted by Crippen LogP contribution is 2.55. The van der Waals surface area contributed by atoms with Gasteiger partial charge in [0.1, 0.15) is 41.9 Å². The van der Waals surface area contributed by atoms with E-state index in [2.05, 4.69) is 69.3 Å². The molecular formula is C54H59ClN10O6S. The Morgan fingerprint density at radius 3 is 2.31 bits per heavy atom. The second kappa shape index (κ2) is 20.0. The van der Waals surface area contributed by atoms with Crippen LogP contribution in [-0.4, -0.2) is 102 Å². The van der Waals surface area contributed by atoms with Crippen LogP contribution in [0.1, 0.15) is 94.1 Å². The number of aryl methyl sites for hydroxylation is 1. The lowest BCUT2D eigenvalue weighted by molar-refractivity contribution is -0.164. The third-order valence-electron chi connectivity index (χ3n) is 14.4. The fourth-order valence-corrected chi connectivity index (χ4v) is 11.8. The maximum atomic E-state index is 14.4. The predicted molar refractivity (Wildman–Crippen MR) is 275 cm³/mol. The van der Waals surface area contributed by atoms with Crippen LogP contribution in [0.4, 0.5) is 5.82 Å². The lowest BCUT2D eigenvalue weighted by atomic mass is 9.49. The highest BCUT2D eigenvalue weighted by molar-refractivity contribution is 7.13. The molecule has 6 aromatic rings. The van der Waals surface area contributed by atoms with E-state index in [0.717, 1.165) is 38.6 Å². The van der Waals surface area contributed by atoms with E-state index in [-0.39, 0.29) is 60.9 Å². The number of aliphatic hydroxyl groups is 1. The Bertz CT molecular complexity index is 3000. The summed E-state index contributed by atoms with van der Waals surface area (Å²) >= 11 is 7.85. The molecule has 2 unspecified atom stereocenters. The number of nitrogens with one attached hydrogen (secondary N) is 2. The zero-order valence-electron chi connectivity index (χ0n) is 41.5. The van der Waals surface area contributed by atoms with Gasteiger partial charge in [-0.15, -0.1) is 11.3 Å². The molecule has 0 spiro atoms. The van der Waals surface area contributed by atoms with Crippen LogP contribution in [0, 0.1) is 35.0 Å². The van der Waals surface area contributed by atoms with Gasteiger partial charge in [0.25, 0.3) is 5.91 Å². The van der Waals surface area contributed by atoms with Crippen molar-refractivity contribution in [1.82, 2.24) is 40.3 Å². The molecule has 6 heterocycles. The molecular weight excluding hydrogens is 952 g/mol. The van der Waals surface area contributed by atoms with E-state index in [4.69, 9.17) is 21.1 Å². The number of amides is 3. The van der Waals surface area contributed by atoms with Gasteiger partial charge in [0.15, 0.2) is 0 Å². The molecule has 18 heteroatoms. The summed E-state index contributed by atoms with van der Waals surface area (Å²) in [5, 5.41) is 31.3. The third-order valence-corrected chi connectivity index (χ3v) is 15.7. The monoisotopic (exact) mass is 1010 g/mol. The average molecular weight is 1010 g/mol. The first kappa shape index (κ1) is 50.1. The third kappa shape index (κ3) is 9.87. The van der Waals surface area contributed by atoms with Gasteiger partial charge in [-0.25, -0.2) is 15.0 Å². The van der Waals surface area contributed by atoms with Gasteiger partial charge in [-0.2, -0.15) is 10.4 Å². The Morgan fingerprint density at radius 1 is 0.903 bits per heavy atom. The SMILES string of the molecule is Cc1ncsc1-c1ccc(C(C)NC(=O)[C@@H]2C[C@@H](O)CN2C(=O)C(C(C)C)n2cc(-c3ccnc(OC4CN(c5ccc(C(=O)NC6C(C)(C)C(Oc7ccc(C#N)c(Cl)c7)C6(C)C)cn5)C4)c3)cn2)cc1. The molecule has 16 nitrogen and oxygen atoms in total. The maximum absolute atomic E-state index is 14.4. The summed E-state index contributed by atoms with van der Waals surface area (Å²) in [6, 6.07) is 20.3. The minimum atomic E-state index is -0.840. The standard InChI is InChI=1S/C54H59ClN10O6S/c1-30(2)46(50(69)64-26-39(66)20-43(64)49(68)61-31(3)33-9-11-34(12-10-33)47-32(4)59-29-72-47)65-25-38(24-60-65)35-17-18-57-45(19-35)70-41-27-63(28-41)44-16-14-37(23-58-44)48(67)62-51-53(5,6)52(54(51,7)8)71-40-15-13-36(22-56)42(55)21-40/h9-19,21,23-25,29-31,39,41,43,46,51-52,66H,20,26-28H2,1-8H3,(H,61,68)(H,62,67)/t31?,39-,43+,46?,51?,52?/m1/s1. The van der Waals surface area contributed by atoms with Crippen molar-refractivity contribution in [3.05, 3.63) is 124 Å². The fourth-order valence-electron chi connectivity index (χ4n) is 10.8. The van der Waals surface area contributed by atoms with E-state index >= 15 is 0 Å². The molecule has 4 aromatic heterocycles. The second-order valence-electron chi connectivity index (χ2n) is 20.6. The topological polar surface area (TPSA) is 201 Å². The number of hydrogen-bond donors (Lipinski definition) is 3. The quantitative estimate of drug-likeness (QED) is 0.0892. The summed E-state index contributed by atoms with van der Waals surface area (Å²) in [6.45, 7) is 17.2. The number of benzene rings is 2. The summed E-state index contributed by atoms with van der Waals surface area (Å²) in [5.41, 5.74) is 6.36. The number of likely N-dealkylation sites (tertiary alicyclic amines) is 1. The minimum absolute atomic E-state index is 0.0453. The molecule has 374 valence electrons. The number of ether oxygens (including phenoxy) is 2. The number of carbonyl (C=O) groups excluding carboxylic acids is 3. The van der Waals surface area contributed by atoms with Gasteiger partial charge in [0.2, 0.25) is 17.7 Å². The second-order valence-corrected chi connectivity index (χ2v) is 21.9. The van der Waals surface area contributed by atoms with Crippen molar-refractivity contribution in [1.29, 1.82) is 5.26 Å². The van der Waals surface area contributed by atoms with Crippen LogP contribution in [0.2, 0.25) is 5.02 Å². The molecule has 4 atom stereocenters. The first-order chi connectivity index (χ1) is 34.3. The number of thiazole rings is 1. The lowest BCUT2D eigenvalue weighted by Crippen LogP contribution is -2.74. The van der Waals surface area contributed by atoms with Gasteiger partial charge >= 0.3 is 0 Å². The van der Waals surface area contributed by atoms with Crippen molar-refractivity contribution in [2.75, 3.05) is 24.5 Å². The number of rotatable bonds is 15. The molecule has 3 fully saturated rings. The van der Waals surface area contributed by atoms with Gasteiger partial charge in [0, 0.05) is 66.1 Å². The molecule has 2 saturated heterocycles. The number of halogens is 1. The molecule has 2 aliphatic heterocycles. The Balaban J connectivity index is 0.776. The number of β-amino-alcohol motifs (C(OH)–C–C–N with tert-alkyl or cyclic N) is 1. The number of nitrogens with zero attached hydrogens (tertiary/aromatic N) is 8. The summed E-state index contributed by atoms with van der Waals surface area (Å²) < 4.78 is 14.3. The molecule has 2 aromatic carbocycles.